The van der Waals surface area contributed by atoms with Gasteiger partial charge in [0.2, 0.25) is 0 Å². The monoisotopic (exact) mass is 105 g/mol. The highest BCUT2D eigenvalue weighted by Gasteiger charge is 2.23. The van der Waals surface area contributed by atoms with Crippen molar-refractivity contribution in [2.45, 2.75) is 12.2 Å². The van der Waals surface area contributed by atoms with Gasteiger partial charge >= 0.3 is 0 Å². The van der Waals surface area contributed by atoms with Gasteiger partial charge in [0.05, 0.1) is 19.3 Å². The van der Waals surface area contributed by atoms with Gasteiger partial charge in [0, 0.05) is 0 Å². The highest BCUT2D eigenvalue weighted by Crippen LogP contribution is 2.05. The zero-order chi connectivity index (χ0) is 5.28. The van der Waals surface area contributed by atoms with Gasteiger partial charge < -0.3 is 10.5 Å². The lowest BCUT2D eigenvalue weighted by molar-refractivity contribution is 0.173. The van der Waals surface area contributed by atoms with E-state index in [-0.39, 0.29) is 12.6 Å². The average Bonchev–Trinajstić information content (AvgIpc) is 1.91. The van der Waals surface area contributed by atoms with E-state index in [4.69, 9.17) is 5.73 Å². The van der Waals surface area contributed by atoms with Crippen molar-refractivity contribution < 1.29 is 9.13 Å². The van der Waals surface area contributed by atoms with Gasteiger partial charge in [-0.2, -0.15) is 0 Å². The zero-order valence-corrected chi connectivity index (χ0v) is 3.93. The molecule has 42 valence electrons. The fourth-order valence-electron chi connectivity index (χ4n) is 0.545. The Kier molecular flexibility index (Phi) is 1.25. The minimum Gasteiger partial charge on any atom is -0.377 e. The molecule has 0 spiro atoms. The van der Waals surface area contributed by atoms with Crippen LogP contribution in [0.25, 0.3) is 0 Å². The first-order valence-corrected chi connectivity index (χ1v) is 2.28. The molecule has 1 rings (SSSR count). The topological polar surface area (TPSA) is 35.2 Å². The summed E-state index contributed by atoms with van der Waals surface area (Å²) in [5.74, 6) is 0. The Hall–Kier alpha value is -0.150. The first kappa shape index (κ1) is 5.00. The molecule has 3 heteroatoms. The molecule has 0 bridgehead atoms. The maximum atomic E-state index is 12.1. The summed E-state index contributed by atoms with van der Waals surface area (Å²) in [6.45, 7) is 0.558. The van der Waals surface area contributed by atoms with Gasteiger partial charge in [0.1, 0.15) is 6.17 Å². The van der Waals surface area contributed by atoms with Gasteiger partial charge in [0.15, 0.2) is 0 Å². The largest absolute Gasteiger partial charge is 0.377 e. The van der Waals surface area contributed by atoms with Crippen molar-refractivity contribution in [2.24, 2.45) is 5.73 Å². The molecule has 0 aromatic carbocycles. The third-order valence-electron chi connectivity index (χ3n) is 1.05. The van der Waals surface area contributed by atoms with Crippen molar-refractivity contribution in [1.29, 1.82) is 0 Å². The quantitative estimate of drug-likeness (QED) is 0.458. The Morgan fingerprint density at radius 1 is 1.57 bits per heavy atom. The molecule has 2 N–H and O–H groups in total. The Morgan fingerprint density at radius 2 is 2.29 bits per heavy atom. The summed E-state index contributed by atoms with van der Waals surface area (Å²) in [6, 6.07) is -0.375. The lowest BCUT2D eigenvalue weighted by Gasteiger charge is -1.98. The van der Waals surface area contributed by atoms with Crippen molar-refractivity contribution in [1.82, 2.24) is 0 Å². The number of nitrogens with two attached hydrogens (primary N) is 1. The van der Waals surface area contributed by atoms with E-state index in [0.29, 0.717) is 6.61 Å². The molecule has 0 amide bonds. The van der Waals surface area contributed by atoms with Crippen molar-refractivity contribution >= 4 is 0 Å². The average molecular weight is 105 g/mol. The number of hydrogen-bond acceptors (Lipinski definition) is 2. The second-order valence-electron chi connectivity index (χ2n) is 1.72. The van der Waals surface area contributed by atoms with Crippen LogP contribution in [0.15, 0.2) is 0 Å². The van der Waals surface area contributed by atoms with Gasteiger partial charge in [-0.1, -0.05) is 0 Å². The van der Waals surface area contributed by atoms with Crippen LogP contribution < -0.4 is 5.73 Å². The third-order valence-corrected chi connectivity index (χ3v) is 1.05. The minimum atomic E-state index is -0.931. The predicted molar refractivity (Wildman–Crippen MR) is 23.7 cm³/mol. The zero-order valence-electron chi connectivity index (χ0n) is 3.93. The van der Waals surface area contributed by atoms with Crippen LogP contribution in [0.1, 0.15) is 0 Å². The van der Waals surface area contributed by atoms with E-state index >= 15 is 0 Å². The van der Waals surface area contributed by atoms with E-state index in [2.05, 4.69) is 4.74 Å². The van der Waals surface area contributed by atoms with Crippen LogP contribution in [-0.2, 0) is 4.74 Å². The molecule has 2 atom stereocenters. The molecule has 0 radical (unpaired) electrons. The smallest absolute Gasteiger partial charge is 0.141 e. The van der Waals surface area contributed by atoms with Gasteiger partial charge in [-0.15, -0.1) is 0 Å². The number of halogens is 1. The number of ether oxygens (including phenoxy) is 1. The maximum Gasteiger partial charge on any atom is 0.141 e. The Bertz CT molecular complexity index is 60.7. The van der Waals surface area contributed by atoms with Crippen LogP contribution in [0.5, 0.6) is 0 Å². The lowest BCUT2D eigenvalue weighted by atomic mass is 10.3. The van der Waals surface area contributed by atoms with Crippen molar-refractivity contribution in [3.05, 3.63) is 0 Å². The highest BCUT2D eigenvalue weighted by molar-refractivity contribution is 4.76. The SMILES string of the molecule is N[C@H]1COC[C@H]1F. The van der Waals surface area contributed by atoms with E-state index in [1.165, 1.54) is 0 Å². The number of alkyl halides is 1. The predicted octanol–water partition coefficient (Wildman–Crippen LogP) is -0.318. The fraction of sp³-hybridized carbons (Fsp3) is 1.00. The normalized spacial score (nSPS) is 42.0. The van der Waals surface area contributed by atoms with E-state index in [1.54, 1.807) is 0 Å². The van der Waals surface area contributed by atoms with Crippen LogP contribution in [0.3, 0.4) is 0 Å². The Morgan fingerprint density at radius 3 is 2.43 bits per heavy atom. The molecule has 1 heterocycles. The maximum absolute atomic E-state index is 12.1. The molecule has 2 nitrogen and oxygen atoms in total. The summed E-state index contributed by atoms with van der Waals surface area (Å²) < 4.78 is 16.7. The van der Waals surface area contributed by atoms with E-state index in [9.17, 15) is 4.39 Å². The highest BCUT2D eigenvalue weighted by atomic mass is 19.1. The van der Waals surface area contributed by atoms with Gasteiger partial charge in [-0.05, 0) is 0 Å². The Balaban J connectivity index is 2.33. The molecule has 0 aliphatic carbocycles. The summed E-state index contributed by atoms with van der Waals surface area (Å²) in [6.07, 6.45) is -0.931. The van der Waals surface area contributed by atoms with Crippen LogP contribution >= 0.6 is 0 Å². The molecular formula is C4H8FNO. The molecule has 0 unspecified atom stereocenters. The van der Waals surface area contributed by atoms with Gasteiger partial charge in [-0.3, -0.25) is 0 Å². The minimum absolute atomic E-state index is 0.182. The summed E-state index contributed by atoms with van der Waals surface area (Å²) in [4.78, 5) is 0. The summed E-state index contributed by atoms with van der Waals surface area (Å²) in [7, 11) is 0. The first-order chi connectivity index (χ1) is 3.30. The van der Waals surface area contributed by atoms with Crippen molar-refractivity contribution in [3.8, 4) is 0 Å². The molecular weight excluding hydrogens is 97.0 g/mol. The van der Waals surface area contributed by atoms with E-state index in [1.807, 2.05) is 0 Å². The van der Waals surface area contributed by atoms with E-state index in [0.717, 1.165) is 0 Å². The van der Waals surface area contributed by atoms with Crippen LogP contribution in [0, 0.1) is 0 Å². The summed E-state index contributed by atoms with van der Waals surface area (Å²) >= 11 is 0. The second kappa shape index (κ2) is 1.76. The molecule has 1 aliphatic heterocycles. The Labute approximate surface area is 41.4 Å². The van der Waals surface area contributed by atoms with Crippen molar-refractivity contribution in [3.63, 3.8) is 0 Å². The molecule has 7 heavy (non-hydrogen) atoms. The first-order valence-electron chi connectivity index (χ1n) is 2.28. The number of rotatable bonds is 0. The second-order valence-corrected chi connectivity index (χ2v) is 1.72. The van der Waals surface area contributed by atoms with Crippen LogP contribution in [0.2, 0.25) is 0 Å². The van der Waals surface area contributed by atoms with E-state index < -0.39 is 6.17 Å². The fourth-order valence-corrected chi connectivity index (χ4v) is 0.545. The molecule has 1 aliphatic rings. The summed E-state index contributed by atoms with van der Waals surface area (Å²) in [5.41, 5.74) is 5.18. The van der Waals surface area contributed by atoms with Crippen LogP contribution in [0.4, 0.5) is 4.39 Å². The van der Waals surface area contributed by atoms with Crippen LogP contribution in [-0.4, -0.2) is 25.4 Å². The molecule has 1 saturated heterocycles. The molecule has 0 saturated carbocycles. The van der Waals surface area contributed by atoms with Gasteiger partial charge in [-0.25, -0.2) is 4.39 Å². The molecule has 1 fully saturated rings. The molecule has 0 aromatic heterocycles. The molecule has 0 aromatic rings. The van der Waals surface area contributed by atoms with Crippen molar-refractivity contribution in [2.75, 3.05) is 13.2 Å². The van der Waals surface area contributed by atoms with Gasteiger partial charge in [0.25, 0.3) is 0 Å². The number of hydrogen-bond donors (Lipinski definition) is 1. The third kappa shape index (κ3) is 0.894. The summed E-state index contributed by atoms with van der Waals surface area (Å²) in [5, 5.41) is 0. The lowest BCUT2D eigenvalue weighted by Crippen LogP contribution is -2.29. The standard InChI is InChI=1S/C4H8FNO/c5-3-1-7-2-4(3)6/h3-4H,1-2,6H2/t3-,4+/m1/s1.